The first-order valence-corrected chi connectivity index (χ1v) is 11.4. The van der Waals surface area contributed by atoms with Gasteiger partial charge in [0.05, 0.1) is 6.10 Å². The summed E-state index contributed by atoms with van der Waals surface area (Å²) in [7, 11) is 0. The van der Waals surface area contributed by atoms with Crippen LogP contribution in [-0.4, -0.2) is 43.1 Å². The lowest BCUT2D eigenvalue weighted by Gasteiger charge is -2.36. The number of rotatable bonds is 7. The summed E-state index contributed by atoms with van der Waals surface area (Å²) in [5, 5.41) is 2.95. The summed E-state index contributed by atoms with van der Waals surface area (Å²) in [5.74, 6) is 0.456. The number of hydrogen-bond acceptors (Lipinski definition) is 4. The first-order chi connectivity index (χ1) is 16.0. The van der Waals surface area contributed by atoms with E-state index in [0.717, 1.165) is 48.9 Å². The van der Waals surface area contributed by atoms with Gasteiger partial charge in [-0.15, -0.1) is 0 Å². The Morgan fingerprint density at radius 3 is 2.24 bits per heavy atom. The molecule has 1 heterocycles. The third-order valence-corrected chi connectivity index (χ3v) is 5.70. The van der Waals surface area contributed by atoms with Crippen molar-refractivity contribution < 1.29 is 13.9 Å². The van der Waals surface area contributed by atoms with Gasteiger partial charge < -0.3 is 15.0 Å². The zero-order valence-electron chi connectivity index (χ0n) is 19.1. The summed E-state index contributed by atoms with van der Waals surface area (Å²) in [6, 6.07) is 22.0. The van der Waals surface area contributed by atoms with E-state index in [1.807, 2.05) is 62.4 Å². The average Bonchev–Trinajstić information content (AvgIpc) is 2.82. The van der Waals surface area contributed by atoms with Gasteiger partial charge in [0, 0.05) is 55.2 Å². The van der Waals surface area contributed by atoms with Gasteiger partial charge in [0.25, 0.3) is 5.91 Å². The van der Waals surface area contributed by atoms with Crippen LogP contribution in [0.4, 0.5) is 15.8 Å². The largest absolute Gasteiger partial charge is 0.491 e. The molecule has 1 aliphatic rings. The molecule has 0 bridgehead atoms. The lowest BCUT2D eigenvalue weighted by Crippen LogP contribution is -2.46. The Balaban J connectivity index is 1.29. The molecule has 3 aromatic carbocycles. The fraction of sp³-hybridized carbons (Fsp3) is 0.296. The highest BCUT2D eigenvalue weighted by atomic mass is 19.1. The van der Waals surface area contributed by atoms with Crippen molar-refractivity contribution in [1.82, 2.24) is 4.90 Å². The van der Waals surface area contributed by atoms with Gasteiger partial charge in [0.2, 0.25) is 0 Å². The summed E-state index contributed by atoms with van der Waals surface area (Å²) in [5.41, 5.74) is 3.20. The van der Waals surface area contributed by atoms with Gasteiger partial charge in [-0.3, -0.25) is 9.69 Å². The van der Waals surface area contributed by atoms with E-state index >= 15 is 0 Å². The number of nitrogens with one attached hydrogen (secondary N) is 1. The van der Waals surface area contributed by atoms with E-state index in [0.29, 0.717) is 12.1 Å². The van der Waals surface area contributed by atoms with Crippen LogP contribution in [0.2, 0.25) is 0 Å². The maximum Gasteiger partial charge on any atom is 0.255 e. The summed E-state index contributed by atoms with van der Waals surface area (Å²) < 4.78 is 19.5. The molecular weight excluding hydrogens is 417 g/mol. The van der Waals surface area contributed by atoms with Crippen molar-refractivity contribution in [2.75, 3.05) is 36.4 Å². The Hall–Kier alpha value is -3.38. The molecule has 0 unspecified atom stereocenters. The summed E-state index contributed by atoms with van der Waals surface area (Å²) in [6.07, 6.45) is 0.0954. The van der Waals surface area contributed by atoms with E-state index in [-0.39, 0.29) is 17.8 Å². The van der Waals surface area contributed by atoms with Crippen LogP contribution in [-0.2, 0) is 6.54 Å². The maximum atomic E-state index is 13.9. The molecule has 1 fully saturated rings. The Morgan fingerprint density at radius 1 is 0.939 bits per heavy atom. The monoisotopic (exact) mass is 447 g/mol. The normalized spacial score (nSPS) is 14.4. The molecule has 0 aliphatic carbocycles. The van der Waals surface area contributed by atoms with Crippen LogP contribution >= 0.6 is 0 Å². The van der Waals surface area contributed by atoms with Crippen molar-refractivity contribution in [3.05, 3.63) is 89.7 Å². The average molecular weight is 448 g/mol. The fourth-order valence-corrected chi connectivity index (χ4v) is 3.95. The van der Waals surface area contributed by atoms with E-state index < -0.39 is 0 Å². The molecule has 0 atom stereocenters. The molecule has 0 spiro atoms. The number of nitrogens with zero attached hydrogens (tertiary/aromatic N) is 2. The van der Waals surface area contributed by atoms with E-state index in [2.05, 4.69) is 15.1 Å². The number of benzene rings is 3. The zero-order valence-corrected chi connectivity index (χ0v) is 19.1. The number of carbonyl (C=O) groups excluding carboxylic acids is 1. The molecule has 4 rings (SSSR count). The van der Waals surface area contributed by atoms with Crippen molar-refractivity contribution in [3.8, 4) is 5.75 Å². The SMILES string of the molecule is CC(C)Oc1ccc(C(=O)Nc2ccc(N3CCN(Cc4ccccc4F)CC3)cc2)cc1. The summed E-state index contributed by atoms with van der Waals surface area (Å²) >= 11 is 0. The maximum absolute atomic E-state index is 13.9. The minimum Gasteiger partial charge on any atom is -0.491 e. The number of ether oxygens (including phenoxy) is 1. The molecule has 0 aromatic heterocycles. The predicted molar refractivity (Wildman–Crippen MR) is 130 cm³/mol. The third kappa shape index (κ3) is 6.11. The third-order valence-electron chi connectivity index (χ3n) is 5.70. The van der Waals surface area contributed by atoms with Gasteiger partial charge in [0.1, 0.15) is 11.6 Å². The lowest BCUT2D eigenvalue weighted by molar-refractivity contribution is 0.102. The molecule has 0 radical (unpaired) electrons. The fourth-order valence-electron chi connectivity index (χ4n) is 3.95. The van der Waals surface area contributed by atoms with Crippen LogP contribution < -0.4 is 15.0 Å². The molecule has 1 amide bonds. The van der Waals surface area contributed by atoms with E-state index in [1.165, 1.54) is 6.07 Å². The number of hydrogen-bond donors (Lipinski definition) is 1. The Labute approximate surface area is 194 Å². The van der Waals surface area contributed by atoms with Crippen molar-refractivity contribution in [2.45, 2.75) is 26.5 Å². The van der Waals surface area contributed by atoms with Crippen LogP contribution in [0.1, 0.15) is 29.8 Å². The van der Waals surface area contributed by atoms with Gasteiger partial charge >= 0.3 is 0 Å². The summed E-state index contributed by atoms with van der Waals surface area (Å²) in [4.78, 5) is 17.1. The second-order valence-corrected chi connectivity index (χ2v) is 8.55. The first-order valence-electron chi connectivity index (χ1n) is 11.4. The van der Waals surface area contributed by atoms with Crippen LogP contribution in [0, 0.1) is 5.82 Å². The molecule has 3 aromatic rings. The number of carbonyl (C=O) groups is 1. The van der Waals surface area contributed by atoms with E-state index in [4.69, 9.17) is 4.74 Å². The second kappa shape index (κ2) is 10.5. The van der Waals surface area contributed by atoms with Gasteiger partial charge in [-0.1, -0.05) is 18.2 Å². The van der Waals surface area contributed by atoms with Gasteiger partial charge in [-0.2, -0.15) is 0 Å². The number of piperazine rings is 1. The van der Waals surface area contributed by atoms with Crippen LogP contribution in [0.15, 0.2) is 72.8 Å². The van der Waals surface area contributed by atoms with Crippen molar-refractivity contribution in [2.24, 2.45) is 0 Å². The Kier molecular flexibility index (Phi) is 7.25. The van der Waals surface area contributed by atoms with E-state index in [9.17, 15) is 9.18 Å². The highest BCUT2D eigenvalue weighted by molar-refractivity contribution is 6.04. The highest BCUT2D eigenvalue weighted by Gasteiger charge is 2.18. The topological polar surface area (TPSA) is 44.8 Å². The molecule has 1 saturated heterocycles. The smallest absolute Gasteiger partial charge is 0.255 e. The Bertz CT molecular complexity index is 1060. The van der Waals surface area contributed by atoms with Crippen molar-refractivity contribution in [1.29, 1.82) is 0 Å². The molecule has 1 aliphatic heterocycles. The molecule has 1 N–H and O–H groups in total. The first kappa shape index (κ1) is 22.8. The Morgan fingerprint density at radius 2 is 1.61 bits per heavy atom. The van der Waals surface area contributed by atoms with E-state index in [1.54, 1.807) is 18.2 Å². The standard InChI is InChI=1S/C27H30FN3O2/c1-20(2)33-25-13-7-21(8-14-25)27(32)29-23-9-11-24(12-10-23)31-17-15-30(16-18-31)19-22-5-3-4-6-26(22)28/h3-14,20H,15-19H2,1-2H3,(H,29,32). The molecule has 5 nitrogen and oxygen atoms in total. The second-order valence-electron chi connectivity index (χ2n) is 8.55. The number of anilines is 2. The minimum absolute atomic E-state index is 0.0954. The highest BCUT2D eigenvalue weighted by Crippen LogP contribution is 2.21. The van der Waals surface area contributed by atoms with Crippen molar-refractivity contribution in [3.63, 3.8) is 0 Å². The van der Waals surface area contributed by atoms with Crippen LogP contribution in [0.5, 0.6) is 5.75 Å². The molecule has 33 heavy (non-hydrogen) atoms. The zero-order chi connectivity index (χ0) is 23.2. The van der Waals surface area contributed by atoms with Gasteiger partial charge in [0.15, 0.2) is 0 Å². The lowest BCUT2D eigenvalue weighted by atomic mass is 10.1. The predicted octanol–water partition coefficient (Wildman–Crippen LogP) is 5.19. The molecule has 6 heteroatoms. The van der Waals surface area contributed by atoms with Crippen molar-refractivity contribution >= 4 is 17.3 Å². The van der Waals surface area contributed by atoms with Crippen LogP contribution in [0.3, 0.4) is 0 Å². The van der Waals surface area contributed by atoms with Gasteiger partial charge in [-0.25, -0.2) is 4.39 Å². The van der Waals surface area contributed by atoms with Gasteiger partial charge in [-0.05, 0) is 68.4 Å². The molecule has 0 saturated carbocycles. The minimum atomic E-state index is -0.152. The quantitative estimate of drug-likeness (QED) is 0.542. The van der Waals surface area contributed by atoms with Crippen LogP contribution in [0.25, 0.3) is 0 Å². The molecule has 172 valence electrons. The molecular formula is C27H30FN3O2. The number of halogens is 1. The summed E-state index contributed by atoms with van der Waals surface area (Å²) in [6.45, 7) is 8.09. The number of amides is 1.